The van der Waals surface area contributed by atoms with Crippen LogP contribution in [0.4, 0.5) is 10.5 Å². The fourth-order valence-electron chi connectivity index (χ4n) is 2.68. The summed E-state index contributed by atoms with van der Waals surface area (Å²) in [5.41, 5.74) is 8.33. The highest BCUT2D eigenvalue weighted by Crippen LogP contribution is 2.21. The standard InChI is InChI=1S/C20H22ClN3O4/c1-12-4-3-5-13(2)19(12)24-17(25)11-28-18(26)10-16(23-20(22)27)14-6-8-15(21)9-7-14/h3-9,16H,10-11H2,1-2H3,(H,24,25)(H3,22,23,27)/t16-/m0/s1. The molecule has 0 spiro atoms. The molecular weight excluding hydrogens is 382 g/mol. The monoisotopic (exact) mass is 403 g/mol. The van der Waals surface area contributed by atoms with Gasteiger partial charge in [0.15, 0.2) is 6.61 Å². The van der Waals surface area contributed by atoms with E-state index >= 15 is 0 Å². The molecule has 1 atom stereocenters. The van der Waals surface area contributed by atoms with Crippen LogP contribution < -0.4 is 16.4 Å². The second-order valence-electron chi connectivity index (χ2n) is 6.29. The lowest BCUT2D eigenvalue weighted by atomic mass is 10.0. The Morgan fingerprint density at radius 2 is 1.68 bits per heavy atom. The van der Waals surface area contributed by atoms with Gasteiger partial charge < -0.3 is 21.1 Å². The molecule has 2 aromatic rings. The predicted octanol–water partition coefficient (Wildman–Crippen LogP) is 3.24. The summed E-state index contributed by atoms with van der Waals surface area (Å²) in [5, 5.41) is 5.74. The van der Waals surface area contributed by atoms with Gasteiger partial charge in [0, 0.05) is 10.7 Å². The van der Waals surface area contributed by atoms with Gasteiger partial charge in [0.05, 0.1) is 12.5 Å². The minimum absolute atomic E-state index is 0.179. The van der Waals surface area contributed by atoms with E-state index in [0.29, 0.717) is 16.3 Å². The number of para-hydroxylation sites is 1. The number of nitrogens with two attached hydrogens (primary N) is 1. The molecule has 28 heavy (non-hydrogen) atoms. The van der Waals surface area contributed by atoms with Crippen LogP contribution in [0.5, 0.6) is 0 Å². The molecule has 7 nitrogen and oxygen atoms in total. The quantitative estimate of drug-likeness (QED) is 0.616. The first-order chi connectivity index (χ1) is 13.3. The van der Waals surface area contributed by atoms with Crippen LogP contribution in [0.1, 0.15) is 29.2 Å². The Morgan fingerprint density at radius 1 is 1.07 bits per heavy atom. The van der Waals surface area contributed by atoms with Crippen LogP contribution in [-0.2, 0) is 14.3 Å². The van der Waals surface area contributed by atoms with Crippen LogP contribution in [0.25, 0.3) is 0 Å². The summed E-state index contributed by atoms with van der Waals surface area (Å²) in [4.78, 5) is 35.5. The number of primary amides is 1. The largest absolute Gasteiger partial charge is 0.455 e. The number of amides is 3. The van der Waals surface area contributed by atoms with Crippen LogP contribution in [-0.4, -0.2) is 24.5 Å². The van der Waals surface area contributed by atoms with Crippen molar-refractivity contribution in [2.24, 2.45) is 5.73 Å². The van der Waals surface area contributed by atoms with Crippen molar-refractivity contribution in [3.63, 3.8) is 0 Å². The van der Waals surface area contributed by atoms with Gasteiger partial charge >= 0.3 is 12.0 Å². The summed E-state index contributed by atoms with van der Waals surface area (Å²) in [6.07, 6.45) is -0.179. The molecule has 4 N–H and O–H groups in total. The van der Waals surface area contributed by atoms with Crippen molar-refractivity contribution in [3.8, 4) is 0 Å². The van der Waals surface area contributed by atoms with Crippen molar-refractivity contribution in [1.29, 1.82) is 0 Å². The maximum atomic E-state index is 12.1. The SMILES string of the molecule is Cc1cccc(C)c1NC(=O)COC(=O)C[C@H](NC(N)=O)c1ccc(Cl)cc1. The highest BCUT2D eigenvalue weighted by molar-refractivity contribution is 6.30. The minimum atomic E-state index is -0.777. The van der Waals surface area contributed by atoms with Crippen molar-refractivity contribution in [3.05, 3.63) is 64.2 Å². The van der Waals surface area contributed by atoms with Gasteiger partial charge in [0.2, 0.25) is 0 Å². The van der Waals surface area contributed by atoms with E-state index in [4.69, 9.17) is 22.1 Å². The normalized spacial score (nSPS) is 11.4. The van der Waals surface area contributed by atoms with Crippen LogP contribution in [0.15, 0.2) is 42.5 Å². The van der Waals surface area contributed by atoms with E-state index in [2.05, 4.69) is 10.6 Å². The number of urea groups is 1. The van der Waals surface area contributed by atoms with Crippen molar-refractivity contribution >= 4 is 35.2 Å². The Bertz CT molecular complexity index is 848. The molecule has 0 aliphatic carbocycles. The first-order valence-electron chi connectivity index (χ1n) is 8.59. The molecule has 0 radical (unpaired) electrons. The number of halogens is 1. The first-order valence-corrected chi connectivity index (χ1v) is 8.97. The van der Waals surface area contributed by atoms with Crippen LogP contribution in [0, 0.1) is 13.8 Å². The molecule has 0 heterocycles. The lowest BCUT2D eigenvalue weighted by molar-refractivity contribution is -0.147. The highest BCUT2D eigenvalue weighted by atomic mass is 35.5. The molecule has 0 fully saturated rings. The van der Waals surface area contributed by atoms with Gasteiger partial charge in [-0.15, -0.1) is 0 Å². The van der Waals surface area contributed by atoms with E-state index in [9.17, 15) is 14.4 Å². The molecule has 0 aliphatic heterocycles. The van der Waals surface area contributed by atoms with E-state index in [1.807, 2.05) is 32.0 Å². The first kappa shape index (κ1) is 21.2. The number of rotatable bonds is 7. The number of carbonyl (C=O) groups excluding carboxylic acids is 3. The second kappa shape index (κ2) is 9.75. The zero-order chi connectivity index (χ0) is 20.7. The lowest BCUT2D eigenvalue weighted by Crippen LogP contribution is -2.35. The Hall–Kier alpha value is -3.06. The van der Waals surface area contributed by atoms with E-state index < -0.39 is 30.6 Å². The predicted molar refractivity (Wildman–Crippen MR) is 107 cm³/mol. The van der Waals surface area contributed by atoms with Crippen LogP contribution in [0.2, 0.25) is 5.02 Å². The molecule has 0 saturated carbocycles. The molecule has 2 rings (SSSR count). The van der Waals surface area contributed by atoms with E-state index in [-0.39, 0.29) is 6.42 Å². The summed E-state index contributed by atoms with van der Waals surface area (Å²) in [6, 6.07) is 10.8. The summed E-state index contributed by atoms with van der Waals surface area (Å²) >= 11 is 5.85. The Labute approximate surface area is 168 Å². The molecule has 0 bridgehead atoms. The number of carbonyl (C=O) groups is 3. The third kappa shape index (κ3) is 6.28. The van der Waals surface area contributed by atoms with Gasteiger partial charge in [-0.05, 0) is 42.7 Å². The molecular formula is C20H22ClN3O4. The van der Waals surface area contributed by atoms with Gasteiger partial charge in [0.1, 0.15) is 0 Å². The van der Waals surface area contributed by atoms with Gasteiger partial charge in [-0.1, -0.05) is 41.9 Å². The number of ether oxygens (including phenoxy) is 1. The zero-order valence-corrected chi connectivity index (χ0v) is 16.4. The fourth-order valence-corrected chi connectivity index (χ4v) is 2.80. The molecule has 8 heteroatoms. The van der Waals surface area contributed by atoms with Gasteiger partial charge in [-0.3, -0.25) is 9.59 Å². The van der Waals surface area contributed by atoms with Gasteiger partial charge in [0.25, 0.3) is 5.91 Å². The Balaban J connectivity index is 1.94. The highest BCUT2D eigenvalue weighted by Gasteiger charge is 2.19. The molecule has 3 amide bonds. The molecule has 148 valence electrons. The molecule has 0 aliphatic rings. The van der Waals surface area contributed by atoms with E-state index in [1.54, 1.807) is 24.3 Å². The number of esters is 1. The summed E-state index contributed by atoms with van der Waals surface area (Å²) in [5.74, 6) is -1.10. The Morgan fingerprint density at radius 3 is 2.25 bits per heavy atom. The Kier molecular flexibility index (Phi) is 7.40. The van der Waals surface area contributed by atoms with Crippen molar-refractivity contribution < 1.29 is 19.1 Å². The number of nitrogens with one attached hydrogen (secondary N) is 2. The number of hydrogen-bond donors (Lipinski definition) is 3. The number of anilines is 1. The second-order valence-corrected chi connectivity index (χ2v) is 6.73. The van der Waals surface area contributed by atoms with E-state index in [1.165, 1.54) is 0 Å². The molecule has 0 unspecified atom stereocenters. The average molecular weight is 404 g/mol. The fraction of sp³-hybridized carbons (Fsp3) is 0.250. The van der Waals surface area contributed by atoms with Crippen molar-refractivity contribution in [1.82, 2.24) is 5.32 Å². The summed E-state index contributed by atoms with van der Waals surface area (Å²) in [6.45, 7) is 3.32. The maximum absolute atomic E-state index is 12.1. The smallest absolute Gasteiger partial charge is 0.312 e. The van der Waals surface area contributed by atoms with Crippen LogP contribution >= 0.6 is 11.6 Å². The molecule has 0 saturated heterocycles. The molecule has 0 aromatic heterocycles. The summed E-state index contributed by atoms with van der Waals surface area (Å²) < 4.78 is 5.04. The maximum Gasteiger partial charge on any atom is 0.312 e. The lowest BCUT2D eigenvalue weighted by Gasteiger charge is -2.17. The number of aryl methyl sites for hydroxylation is 2. The van der Waals surface area contributed by atoms with Gasteiger partial charge in [-0.2, -0.15) is 0 Å². The van der Waals surface area contributed by atoms with Gasteiger partial charge in [-0.25, -0.2) is 4.79 Å². The van der Waals surface area contributed by atoms with Crippen LogP contribution in [0.3, 0.4) is 0 Å². The van der Waals surface area contributed by atoms with E-state index in [0.717, 1.165) is 11.1 Å². The summed E-state index contributed by atoms with van der Waals surface area (Å²) in [7, 11) is 0. The van der Waals surface area contributed by atoms with Crippen molar-refractivity contribution in [2.45, 2.75) is 26.3 Å². The minimum Gasteiger partial charge on any atom is -0.455 e. The third-order valence-electron chi connectivity index (χ3n) is 4.07. The third-order valence-corrected chi connectivity index (χ3v) is 4.32. The average Bonchev–Trinajstić information content (AvgIpc) is 2.63. The number of benzene rings is 2. The molecule has 2 aromatic carbocycles. The topological polar surface area (TPSA) is 111 Å². The zero-order valence-electron chi connectivity index (χ0n) is 15.6. The van der Waals surface area contributed by atoms with Crippen molar-refractivity contribution in [2.75, 3.05) is 11.9 Å². The number of hydrogen-bond acceptors (Lipinski definition) is 4.